The first-order chi connectivity index (χ1) is 18.5. The molecule has 0 spiro atoms. The van der Waals surface area contributed by atoms with E-state index in [0.29, 0.717) is 30.3 Å². The number of methoxy groups -OCH3 is 1. The van der Waals surface area contributed by atoms with Gasteiger partial charge in [0.15, 0.2) is 0 Å². The molecule has 1 saturated heterocycles. The molecule has 6 nitrogen and oxygen atoms in total. The third-order valence-corrected chi connectivity index (χ3v) is 7.25. The van der Waals surface area contributed by atoms with E-state index < -0.39 is 0 Å². The van der Waals surface area contributed by atoms with E-state index >= 15 is 0 Å². The number of rotatable bonds is 7. The van der Waals surface area contributed by atoms with Crippen LogP contribution in [0.4, 0.5) is 5.69 Å². The molecule has 196 valence electrons. The Kier molecular flexibility index (Phi) is 7.61. The fraction of sp³-hybridized carbons (Fsp3) is 0.258. The summed E-state index contributed by atoms with van der Waals surface area (Å²) in [7, 11) is 1.66. The van der Waals surface area contributed by atoms with Crippen molar-refractivity contribution in [2.45, 2.75) is 13.8 Å². The monoisotopic (exact) mass is 529 g/mol. The molecule has 2 heterocycles. The fourth-order valence-electron chi connectivity index (χ4n) is 5.06. The predicted octanol–water partition coefficient (Wildman–Crippen LogP) is 6.48. The van der Waals surface area contributed by atoms with Crippen molar-refractivity contribution in [3.8, 4) is 28.4 Å². The molecule has 38 heavy (non-hydrogen) atoms. The van der Waals surface area contributed by atoms with Gasteiger partial charge < -0.3 is 23.8 Å². The largest absolute Gasteiger partial charge is 0.497 e. The molecule has 1 aromatic heterocycles. The van der Waals surface area contributed by atoms with Crippen molar-refractivity contribution in [3.63, 3.8) is 0 Å². The Morgan fingerprint density at radius 2 is 1.66 bits per heavy atom. The van der Waals surface area contributed by atoms with E-state index in [-0.39, 0.29) is 5.91 Å². The minimum absolute atomic E-state index is 0.0390. The van der Waals surface area contributed by atoms with Crippen LogP contribution in [-0.2, 0) is 0 Å². The minimum Gasteiger partial charge on any atom is -0.497 e. The van der Waals surface area contributed by atoms with E-state index in [1.165, 1.54) is 0 Å². The van der Waals surface area contributed by atoms with E-state index in [2.05, 4.69) is 15.5 Å². The molecule has 3 aromatic carbocycles. The highest BCUT2D eigenvalue weighted by Gasteiger charge is 2.27. The molecule has 0 aliphatic carbocycles. The number of piperazine rings is 1. The quantitative estimate of drug-likeness (QED) is 0.275. The number of hydrogen-bond donors (Lipinski definition) is 0. The van der Waals surface area contributed by atoms with Gasteiger partial charge in [-0.2, -0.15) is 0 Å². The third-order valence-electron chi connectivity index (χ3n) is 7.00. The summed E-state index contributed by atoms with van der Waals surface area (Å²) in [4.78, 5) is 18.1. The smallest absolute Gasteiger partial charge is 0.255 e. The Bertz CT molecular complexity index is 1420. The molecule has 1 fully saturated rings. The van der Waals surface area contributed by atoms with Crippen LogP contribution >= 0.6 is 11.6 Å². The number of halogens is 1. The topological polar surface area (TPSA) is 46.9 Å². The summed E-state index contributed by atoms with van der Waals surface area (Å²) < 4.78 is 13.4. The Labute approximate surface area is 229 Å². The van der Waals surface area contributed by atoms with Crippen LogP contribution in [0.15, 0.2) is 78.9 Å². The number of para-hydroxylation sites is 2. The van der Waals surface area contributed by atoms with Crippen molar-refractivity contribution in [1.82, 2.24) is 9.47 Å². The van der Waals surface area contributed by atoms with Crippen LogP contribution < -0.4 is 14.4 Å². The lowest BCUT2D eigenvalue weighted by Gasteiger charge is -2.36. The number of benzene rings is 3. The summed E-state index contributed by atoms with van der Waals surface area (Å²) in [5.41, 5.74) is 5.50. The SMILES string of the molecule is CCOc1ccccc1N1CCN(C(=O)c2cc(-c3ccc(Cl)cc3)n(-c3cccc(OC)c3)c2C)CC1. The second-order valence-corrected chi connectivity index (χ2v) is 9.69. The van der Waals surface area contributed by atoms with Gasteiger partial charge in [-0.1, -0.05) is 41.9 Å². The van der Waals surface area contributed by atoms with Crippen LogP contribution in [0.25, 0.3) is 16.9 Å². The zero-order valence-corrected chi connectivity index (χ0v) is 22.7. The lowest BCUT2D eigenvalue weighted by atomic mass is 10.1. The van der Waals surface area contributed by atoms with Crippen molar-refractivity contribution in [2.24, 2.45) is 0 Å². The predicted molar refractivity (Wildman–Crippen MR) is 153 cm³/mol. The second-order valence-electron chi connectivity index (χ2n) is 9.25. The van der Waals surface area contributed by atoms with Gasteiger partial charge in [0.1, 0.15) is 11.5 Å². The van der Waals surface area contributed by atoms with Crippen molar-refractivity contribution < 1.29 is 14.3 Å². The van der Waals surface area contributed by atoms with E-state index in [1.54, 1.807) is 7.11 Å². The van der Waals surface area contributed by atoms with Crippen molar-refractivity contribution >= 4 is 23.2 Å². The fourth-order valence-corrected chi connectivity index (χ4v) is 5.18. The number of aromatic nitrogens is 1. The molecular formula is C31H32ClN3O3. The third kappa shape index (κ3) is 5.09. The maximum absolute atomic E-state index is 13.9. The van der Waals surface area contributed by atoms with Gasteiger partial charge >= 0.3 is 0 Å². The second kappa shape index (κ2) is 11.2. The Morgan fingerprint density at radius 1 is 0.921 bits per heavy atom. The molecule has 5 rings (SSSR count). The van der Waals surface area contributed by atoms with Crippen LogP contribution in [0, 0.1) is 6.92 Å². The van der Waals surface area contributed by atoms with E-state index in [9.17, 15) is 4.79 Å². The van der Waals surface area contributed by atoms with Gasteiger partial charge in [-0.3, -0.25) is 4.79 Å². The summed E-state index contributed by atoms with van der Waals surface area (Å²) in [6, 6.07) is 25.7. The molecule has 0 unspecified atom stereocenters. The van der Waals surface area contributed by atoms with Crippen molar-refractivity contribution in [2.75, 3.05) is 44.8 Å². The van der Waals surface area contributed by atoms with Crippen LogP contribution in [0.1, 0.15) is 23.0 Å². The molecule has 0 N–H and O–H groups in total. The van der Waals surface area contributed by atoms with Crippen LogP contribution in [0.2, 0.25) is 5.02 Å². The van der Waals surface area contributed by atoms with Gasteiger partial charge in [0.05, 0.1) is 30.7 Å². The standard InChI is InChI=1S/C31H32ClN3O3/c1-4-38-30-11-6-5-10-28(30)33-16-18-34(19-17-33)31(36)27-21-29(23-12-14-24(32)15-13-23)35(22(27)2)25-8-7-9-26(20-25)37-3/h5-15,20-21H,4,16-19H2,1-3H3. The van der Waals surface area contributed by atoms with Gasteiger partial charge in [0.25, 0.3) is 5.91 Å². The zero-order chi connectivity index (χ0) is 26.6. The van der Waals surface area contributed by atoms with Crippen molar-refractivity contribution in [3.05, 3.63) is 95.1 Å². The summed E-state index contributed by atoms with van der Waals surface area (Å²) in [5, 5.41) is 0.671. The highest BCUT2D eigenvalue weighted by Crippen LogP contribution is 2.33. The molecule has 0 saturated carbocycles. The molecule has 1 aliphatic heterocycles. The molecule has 1 amide bonds. The first-order valence-electron chi connectivity index (χ1n) is 12.9. The lowest BCUT2D eigenvalue weighted by molar-refractivity contribution is 0.0746. The number of carbonyl (C=O) groups is 1. The summed E-state index contributed by atoms with van der Waals surface area (Å²) in [6.45, 7) is 7.38. The molecular weight excluding hydrogens is 498 g/mol. The molecule has 0 bridgehead atoms. The van der Waals surface area contributed by atoms with Gasteiger partial charge in [-0.15, -0.1) is 0 Å². The van der Waals surface area contributed by atoms with E-state index in [4.69, 9.17) is 21.1 Å². The maximum Gasteiger partial charge on any atom is 0.255 e. The average molecular weight is 530 g/mol. The summed E-state index contributed by atoms with van der Waals surface area (Å²) >= 11 is 6.17. The molecule has 7 heteroatoms. The summed E-state index contributed by atoms with van der Waals surface area (Å²) in [5.74, 6) is 1.68. The number of ether oxygens (including phenoxy) is 2. The Balaban J connectivity index is 1.45. The van der Waals surface area contributed by atoms with Crippen molar-refractivity contribution in [1.29, 1.82) is 0 Å². The Hall–Kier alpha value is -3.90. The Morgan fingerprint density at radius 3 is 2.37 bits per heavy atom. The van der Waals surface area contributed by atoms with Gasteiger partial charge in [-0.05, 0) is 61.9 Å². The van der Waals surface area contributed by atoms with Gasteiger partial charge in [0.2, 0.25) is 0 Å². The first kappa shape index (κ1) is 25.7. The highest BCUT2D eigenvalue weighted by molar-refractivity contribution is 6.30. The van der Waals surface area contributed by atoms with Crippen LogP contribution in [0.3, 0.4) is 0 Å². The van der Waals surface area contributed by atoms with Crippen LogP contribution in [-0.4, -0.2) is 55.3 Å². The van der Waals surface area contributed by atoms with Gasteiger partial charge in [-0.25, -0.2) is 0 Å². The molecule has 0 atom stereocenters. The average Bonchev–Trinajstić information content (AvgIpc) is 3.30. The number of anilines is 1. The number of carbonyl (C=O) groups excluding carboxylic acids is 1. The minimum atomic E-state index is 0.0390. The highest BCUT2D eigenvalue weighted by atomic mass is 35.5. The van der Waals surface area contributed by atoms with Gasteiger partial charge in [0, 0.05) is 48.6 Å². The maximum atomic E-state index is 13.9. The normalized spacial score (nSPS) is 13.5. The van der Waals surface area contributed by atoms with E-state index in [0.717, 1.165) is 52.9 Å². The molecule has 4 aromatic rings. The molecule has 0 radical (unpaired) electrons. The zero-order valence-electron chi connectivity index (χ0n) is 22.0. The first-order valence-corrected chi connectivity index (χ1v) is 13.3. The van der Waals surface area contributed by atoms with Crippen LogP contribution in [0.5, 0.6) is 11.5 Å². The number of nitrogens with zero attached hydrogens (tertiary/aromatic N) is 3. The number of amides is 1. The molecule has 1 aliphatic rings. The summed E-state index contributed by atoms with van der Waals surface area (Å²) in [6.07, 6.45) is 0. The number of hydrogen-bond acceptors (Lipinski definition) is 4. The van der Waals surface area contributed by atoms with E-state index in [1.807, 2.05) is 91.5 Å². The lowest BCUT2D eigenvalue weighted by Crippen LogP contribution is -2.49.